The Kier molecular flexibility index (Phi) is 2.74. The number of hydrogen-bond acceptors (Lipinski definition) is 3. The Balaban J connectivity index is 2.19. The molecule has 0 bridgehead atoms. The molecular weight excluding hydrogens is 242 g/mol. The average Bonchev–Trinajstić information content (AvgIpc) is 2.19. The molecule has 70 valence electrons. The van der Waals surface area contributed by atoms with E-state index in [1.54, 1.807) is 12.3 Å². The van der Waals surface area contributed by atoms with E-state index in [0.717, 1.165) is 10.3 Å². The van der Waals surface area contributed by atoms with Gasteiger partial charge in [-0.25, -0.2) is 9.97 Å². The summed E-state index contributed by atoms with van der Waals surface area (Å²) in [5.41, 5.74) is 0.977. The molecular formula is C10H8BrN3. The van der Waals surface area contributed by atoms with E-state index in [4.69, 9.17) is 0 Å². The van der Waals surface area contributed by atoms with Gasteiger partial charge in [-0.05, 0) is 34.1 Å². The van der Waals surface area contributed by atoms with Gasteiger partial charge >= 0.3 is 0 Å². The maximum Gasteiger partial charge on any atom is 0.228 e. The van der Waals surface area contributed by atoms with Crippen molar-refractivity contribution >= 4 is 27.6 Å². The first kappa shape index (κ1) is 9.15. The Labute approximate surface area is 90.3 Å². The lowest BCUT2D eigenvalue weighted by atomic mass is 10.3. The van der Waals surface area contributed by atoms with Crippen LogP contribution < -0.4 is 5.32 Å². The van der Waals surface area contributed by atoms with Gasteiger partial charge in [-0.2, -0.15) is 0 Å². The Morgan fingerprint density at radius 2 is 1.86 bits per heavy atom. The van der Waals surface area contributed by atoms with Crippen molar-refractivity contribution < 1.29 is 0 Å². The predicted octanol–water partition coefficient (Wildman–Crippen LogP) is 2.98. The molecule has 0 saturated carbocycles. The Morgan fingerprint density at radius 3 is 2.57 bits per heavy atom. The summed E-state index contributed by atoms with van der Waals surface area (Å²) in [6.45, 7) is 0. The number of aromatic nitrogens is 2. The zero-order chi connectivity index (χ0) is 9.80. The topological polar surface area (TPSA) is 37.8 Å². The average molecular weight is 250 g/mol. The van der Waals surface area contributed by atoms with Crippen LogP contribution >= 0.6 is 15.9 Å². The second-order valence-electron chi connectivity index (χ2n) is 2.69. The first-order chi connectivity index (χ1) is 6.84. The Morgan fingerprint density at radius 1 is 1.07 bits per heavy atom. The standard InChI is InChI=1S/C10H8BrN3/c11-9-6-7-12-10(14-9)13-8-4-2-1-3-5-8/h1-7H,(H,12,13,14). The molecule has 0 fully saturated rings. The van der Waals surface area contributed by atoms with Crippen LogP contribution in [0.4, 0.5) is 11.6 Å². The van der Waals surface area contributed by atoms with Crippen molar-refractivity contribution in [2.24, 2.45) is 0 Å². The van der Waals surface area contributed by atoms with Crippen molar-refractivity contribution in [3.05, 3.63) is 47.2 Å². The maximum absolute atomic E-state index is 4.16. The fraction of sp³-hybridized carbons (Fsp3) is 0. The summed E-state index contributed by atoms with van der Waals surface area (Å²) in [5, 5.41) is 3.09. The third kappa shape index (κ3) is 2.29. The van der Waals surface area contributed by atoms with Crippen molar-refractivity contribution in [1.29, 1.82) is 0 Å². The molecule has 1 aromatic heterocycles. The van der Waals surface area contributed by atoms with Crippen LogP contribution in [0.1, 0.15) is 0 Å². The minimum Gasteiger partial charge on any atom is -0.324 e. The van der Waals surface area contributed by atoms with Crippen LogP contribution in [0.3, 0.4) is 0 Å². The number of hydrogen-bond donors (Lipinski definition) is 1. The summed E-state index contributed by atoms with van der Waals surface area (Å²) in [4.78, 5) is 8.25. The third-order valence-corrected chi connectivity index (χ3v) is 2.09. The monoisotopic (exact) mass is 249 g/mol. The van der Waals surface area contributed by atoms with Gasteiger partial charge in [-0.15, -0.1) is 0 Å². The van der Waals surface area contributed by atoms with Gasteiger partial charge in [-0.1, -0.05) is 18.2 Å². The molecule has 1 aromatic carbocycles. The number of nitrogens with one attached hydrogen (secondary N) is 1. The fourth-order valence-corrected chi connectivity index (χ4v) is 1.33. The molecule has 14 heavy (non-hydrogen) atoms. The minimum atomic E-state index is 0.588. The Bertz CT molecular complexity index is 417. The van der Waals surface area contributed by atoms with Crippen LogP contribution in [0.15, 0.2) is 47.2 Å². The first-order valence-corrected chi connectivity index (χ1v) is 4.94. The number of para-hydroxylation sites is 1. The number of rotatable bonds is 2. The smallest absolute Gasteiger partial charge is 0.228 e. The highest BCUT2D eigenvalue weighted by molar-refractivity contribution is 9.10. The molecule has 0 aliphatic carbocycles. The lowest BCUT2D eigenvalue weighted by Crippen LogP contribution is -1.95. The summed E-state index contributed by atoms with van der Waals surface area (Å²) < 4.78 is 0.769. The summed E-state index contributed by atoms with van der Waals surface area (Å²) in [6, 6.07) is 11.6. The number of benzene rings is 1. The molecule has 0 radical (unpaired) electrons. The number of nitrogens with zero attached hydrogens (tertiary/aromatic N) is 2. The molecule has 0 aliphatic heterocycles. The van der Waals surface area contributed by atoms with Gasteiger partial charge in [0, 0.05) is 11.9 Å². The van der Waals surface area contributed by atoms with Crippen LogP contribution in [0.25, 0.3) is 0 Å². The molecule has 1 heterocycles. The molecule has 2 rings (SSSR count). The van der Waals surface area contributed by atoms with E-state index in [1.807, 2.05) is 30.3 Å². The third-order valence-electron chi connectivity index (χ3n) is 1.65. The lowest BCUT2D eigenvalue weighted by Gasteiger charge is -2.03. The largest absolute Gasteiger partial charge is 0.324 e. The second kappa shape index (κ2) is 4.19. The zero-order valence-corrected chi connectivity index (χ0v) is 8.90. The van der Waals surface area contributed by atoms with Gasteiger partial charge in [-0.3, -0.25) is 0 Å². The van der Waals surface area contributed by atoms with Gasteiger partial charge in [0.1, 0.15) is 4.60 Å². The Hall–Kier alpha value is -1.42. The highest BCUT2D eigenvalue weighted by Gasteiger charge is 1.96. The van der Waals surface area contributed by atoms with Gasteiger partial charge in [0.2, 0.25) is 5.95 Å². The summed E-state index contributed by atoms with van der Waals surface area (Å²) in [6.07, 6.45) is 1.70. The quantitative estimate of drug-likeness (QED) is 0.832. The van der Waals surface area contributed by atoms with Crippen molar-refractivity contribution in [1.82, 2.24) is 9.97 Å². The maximum atomic E-state index is 4.16. The number of halogens is 1. The predicted molar refractivity (Wildman–Crippen MR) is 59.5 cm³/mol. The van der Waals surface area contributed by atoms with E-state index in [-0.39, 0.29) is 0 Å². The molecule has 0 amide bonds. The molecule has 0 saturated heterocycles. The van der Waals surface area contributed by atoms with Crippen LogP contribution in [0, 0.1) is 0 Å². The zero-order valence-electron chi connectivity index (χ0n) is 7.31. The molecule has 1 N–H and O–H groups in total. The highest BCUT2D eigenvalue weighted by atomic mass is 79.9. The van der Waals surface area contributed by atoms with E-state index in [0.29, 0.717) is 5.95 Å². The normalized spacial score (nSPS) is 9.79. The summed E-state index contributed by atoms with van der Waals surface area (Å²) in [5.74, 6) is 0.588. The van der Waals surface area contributed by atoms with Crippen molar-refractivity contribution in [3.63, 3.8) is 0 Å². The molecule has 0 spiro atoms. The van der Waals surface area contributed by atoms with Gasteiger partial charge in [0.15, 0.2) is 0 Å². The van der Waals surface area contributed by atoms with Crippen LogP contribution in [0.2, 0.25) is 0 Å². The number of anilines is 2. The van der Waals surface area contributed by atoms with E-state index in [9.17, 15) is 0 Å². The first-order valence-electron chi connectivity index (χ1n) is 4.15. The van der Waals surface area contributed by atoms with Gasteiger partial charge < -0.3 is 5.32 Å². The fourth-order valence-electron chi connectivity index (χ4n) is 1.05. The molecule has 0 atom stereocenters. The van der Waals surface area contributed by atoms with Gasteiger partial charge in [0.25, 0.3) is 0 Å². The molecule has 0 aliphatic rings. The van der Waals surface area contributed by atoms with Crippen molar-refractivity contribution in [3.8, 4) is 0 Å². The van der Waals surface area contributed by atoms with E-state index in [1.165, 1.54) is 0 Å². The summed E-state index contributed by atoms with van der Waals surface area (Å²) in [7, 11) is 0. The minimum absolute atomic E-state index is 0.588. The van der Waals surface area contributed by atoms with Crippen molar-refractivity contribution in [2.75, 3.05) is 5.32 Å². The molecule has 0 unspecified atom stereocenters. The van der Waals surface area contributed by atoms with Gasteiger partial charge in [0.05, 0.1) is 0 Å². The van der Waals surface area contributed by atoms with E-state index in [2.05, 4.69) is 31.2 Å². The van der Waals surface area contributed by atoms with E-state index < -0.39 is 0 Å². The van der Waals surface area contributed by atoms with Crippen LogP contribution in [-0.4, -0.2) is 9.97 Å². The van der Waals surface area contributed by atoms with Crippen molar-refractivity contribution in [2.45, 2.75) is 0 Å². The van der Waals surface area contributed by atoms with Crippen LogP contribution in [-0.2, 0) is 0 Å². The second-order valence-corrected chi connectivity index (χ2v) is 3.51. The van der Waals surface area contributed by atoms with Crippen LogP contribution in [0.5, 0.6) is 0 Å². The van der Waals surface area contributed by atoms with E-state index >= 15 is 0 Å². The SMILES string of the molecule is Brc1ccnc(Nc2ccccc2)n1. The molecule has 2 aromatic rings. The molecule has 4 heteroatoms. The highest BCUT2D eigenvalue weighted by Crippen LogP contribution is 2.13. The lowest BCUT2D eigenvalue weighted by molar-refractivity contribution is 1.14. The molecule has 3 nitrogen and oxygen atoms in total. The summed E-state index contributed by atoms with van der Waals surface area (Å²) >= 11 is 3.28.